The third-order valence-corrected chi connectivity index (χ3v) is 5.59. The average Bonchev–Trinajstić information content (AvgIpc) is 3.04. The predicted octanol–water partition coefficient (Wildman–Crippen LogP) is 2.73. The number of carbonyl (C=O) groups excluding carboxylic acids is 1. The molecular formula is C16H22BrN3O. The summed E-state index contributed by atoms with van der Waals surface area (Å²) in [6.07, 6.45) is 5.38. The lowest BCUT2D eigenvalue weighted by Crippen LogP contribution is -2.51. The summed E-state index contributed by atoms with van der Waals surface area (Å²) < 4.78 is 0.716. The van der Waals surface area contributed by atoms with E-state index in [1.165, 1.54) is 25.7 Å². The smallest absolute Gasteiger partial charge is 0.255 e. The van der Waals surface area contributed by atoms with Crippen LogP contribution in [0.4, 0.5) is 5.69 Å². The van der Waals surface area contributed by atoms with Gasteiger partial charge in [0, 0.05) is 37.9 Å². The first-order valence-corrected chi connectivity index (χ1v) is 8.53. The fourth-order valence-electron chi connectivity index (χ4n) is 3.44. The largest absolute Gasteiger partial charge is 0.398 e. The maximum absolute atomic E-state index is 12.6. The Bertz CT molecular complexity index is 520. The molecule has 0 radical (unpaired) electrons. The highest BCUT2D eigenvalue weighted by Gasteiger charge is 2.28. The van der Waals surface area contributed by atoms with Crippen molar-refractivity contribution in [2.75, 3.05) is 31.9 Å². The number of hydrogen-bond acceptors (Lipinski definition) is 3. The number of nitrogens with zero attached hydrogens (tertiary/aromatic N) is 2. The Balaban J connectivity index is 1.63. The number of benzene rings is 1. The molecule has 4 nitrogen and oxygen atoms in total. The zero-order valence-corrected chi connectivity index (χ0v) is 13.8. The molecule has 2 fully saturated rings. The number of halogens is 1. The molecule has 1 aromatic rings. The topological polar surface area (TPSA) is 49.6 Å². The molecule has 114 valence electrons. The van der Waals surface area contributed by atoms with Crippen LogP contribution in [0.2, 0.25) is 0 Å². The van der Waals surface area contributed by atoms with Crippen molar-refractivity contribution in [1.82, 2.24) is 9.80 Å². The fraction of sp³-hybridized carbons (Fsp3) is 0.562. The van der Waals surface area contributed by atoms with Crippen LogP contribution in [0.25, 0.3) is 0 Å². The van der Waals surface area contributed by atoms with Gasteiger partial charge in [-0.25, -0.2) is 0 Å². The van der Waals surface area contributed by atoms with Gasteiger partial charge in [-0.2, -0.15) is 0 Å². The second-order valence-corrected chi connectivity index (χ2v) is 6.77. The fourth-order valence-corrected chi connectivity index (χ4v) is 3.88. The Kier molecular flexibility index (Phi) is 4.50. The molecule has 1 aliphatic carbocycles. The van der Waals surface area contributed by atoms with E-state index in [1.54, 1.807) is 6.07 Å². The molecule has 2 N–H and O–H groups in total. The third kappa shape index (κ3) is 3.09. The van der Waals surface area contributed by atoms with E-state index in [1.807, 2.05) is 17.0 Å². The first kappa shape index (κ1) is 14.9. The van der Waals surface area contributed by atoms with E-state index in [-0.39, 0.29) is 5.91 Å². The van der Waals surface area contributed by atoms with Gasteiger partial charge in [0.05, 0.1) is 10.0 Å². The Morgan fingerprint density at radius 1 is 1.14 bits per heavy atom. The molecule has 1 aromatic carbocycles. The number of piperazine rings is 1. The molecule has 1 amide bonds. The number of anilines is 1. The van der Waals surface area contributed by atoms with Crippen molar-refractivity contribution < 1.29 is 4.79 Å². The van der Waals surface area contributed by atoms with Gasteiger partial charge in [0.25, 0.3) is 5.91 Å². The van der Waals surface area contributed by atoms with Crippen LogP contribution in [0.3, 0.4) is 0 Å². The number of rotatable bonds is 2. The number of amides is 1. The zero-order valence-electron chi connectivity index (χ0n) is 12.2. The van der Waals surface area contributed by atoms with Gasteiger partial charge in [0.15, 0.2) is 0 Å². The molecular weight excluding hydrogens is 330 g/mol. The molecule has 0 atom stereocenters. The van der Waals surface area contributed by atoms with Crippen LogP contribution < -0.4 is 5.73 Å². The van der Waals surface area contributed by atoms with Crippen molar-refractivity contribution in [2.45, 2.75) is 31.7 Å². The summed E-state index contributed by atoms with van der Waals surface area (Å²) in [7, 11) is 0. The minimum Gasteiger partial charge on any atom is -0.398 e. The molecule has 0 bridgehead atoms. The molecule has 1 aliphatic heterocycles. The SMILES string of the molecule is Nc1cccc(C(=O)N2CCN(C3CCCC3)CC2)c1Br. The van der Waals surface area contributed by atoms with E-state index in [2.05, 4.69) is 20.8 Å². The molecule has 0 spiro atoms. The number of hydrogen-bond donors (Lipinski definition) is 1. The molecule has 0 aromatic heterocycles. The summed E-state index contributed by atoms with van der Waals surface area (Å²) in [6, 6.07) is 6.23. The van der Waals surface area contributed by atoms with Gasteiger partial charge in [0.2, 0.25) is 0 Å². The molecule has 3 rings (SSSR count). The predicted molar refractivity (Wildman–Crippen MR) is 88.3 cm³/mol. The van der Waals surface area contributed by atoms with E-state index >= 15 is 0 Å². The first-order chi connectivity index (χ1) is 10.2. The summed E-state index contributed by atoms with van der Waals surface area (Å²) in [5, 5.41) is 0. The normalized spacial score (nSPS) is 20.9. The van der Waals surface area contributed by atoms with Crippen LogP contribution in [0.15, 0.2) is 22.7 Å². The van der Waals surface area contributed by atoms with Gasteiger partial charge >= 0.3 is 0 Å². The molecule has 1 saturated heterocycles. The second kappa shape index (κ2) is 6.36. The van der Waals surface area contributed by atoms with E-state index in [0.717, 1.165) is 32.2 Å². The summed E-state index contributed by atoms with van der Waals surface area (Å²) >= 11 is 3.43. The molecule has 5 heteroatoms. The minimum absolute atomic E-state index is 0.0836. The van der Waals surface area contributed by atoms with Crippen molar-refractivity contribution in [3.63, 3.8) is 0 Å². The van der Waals surface area contributed by atoms with Crippen molar-refractivity contribution in [2.24, 2.45) is 0 Å². The average molecular weight is 352 g/mol. The highest BCUT2D eigenvalue weighted by molar-refractivity contribution is 9.10. The molecule has 2 aliphatic rings. The van der Waals surface area contributed by atoms with Crippen LogP contribution >= 0.6 is 15.9 Å². The van der Waals surface area contributed by atoms with E-state index in [0.29, 0.717) is 15.7 Å². The summed E-state index contributed by atoms with van der Waals surface area (Å²) in [4.78, 5) is 17.1. The Morgan fingerprint density at radius 2 is 1.81 bits per heavy atom. The van der Waals surface area contributed by atoms with Crippen molar-refractivity contribution in [3.05, 3.63) is 28.2 Å². The van der Waals surface area contributed by atoms with Crippen LogP contribution in [-0.4, -0.2) is 47.9 Å². The molecule has 21 heavy (non-hydrogen) atoms. The number of carbonyl (C=O) groups is 1. The second-order valence-electron chi connectivity index (χ2n) is 5.98. The standard InChI is InChI=1S/C16H22BrN3O/c17-15-13(6-3-7-14(15)18)16(21)20-10-8-19(9-11-20)12-4-1-2-5-12/h3,6-7,12H,1-2,4-5,8-11,18H2. The highest BCUT2D eigenvalue weighted by atomic mass is 79.9. The first-order valence-electron chi connectivity index (χ1n) is 7.74. The lowest BCUT2D eigenvalue weighted by atomic mass is 10.1. The van der Waals surface area contributed by atoms with Gasteiger partial charge < -0.3 is 10.6 Å². The maximum atomic E-state index is 12.6. The molecule has 1 saturated carbocycles. The molecule has 1 heterocycles. The van der Waals surface area contributed by atoms with Crippen molar-refractivity contribution in [3.8, 4) is 0 Å². The zero-order chi connectivity index (χ0) is 14.8. The van der Waals surface area contributed by atoms with E-state index < -0.39 is 0 Å². The molecule has 0 unspecified atom stereocenters. The Morgan fingerprint density at radius 3 is 2.48 bits per heavy atom. The van der Waals surface area contributed by atoms with E-state index in [9.17, 15) is 4.79 Å². The van der Waals surface area contributed by atoms with Crippen molar-refractivity contribution >= 4 is 27.5 Å². The number of nitrogen functional groups attached to an aromatic ring is 1. The van der Waals surface area contributed by atoms with Gasteiger partial charge in [-0.05, 0) is 40.9 Å². The van der Waals surface area contributed by atoms with Gasteiger partial charge in [-0.15, -0.1) is 0 Å². The summed E-state index contributed by atoms with van der Waals surface area (Å²) in [5.74, 6) is 0.0836. The van der Waals surface area contributed by atoms with Crippen LogP contribution in [-0.2, 0) is 0 Å². The van der Waals surface area contributed by atoms with Gasteiger partial charge in [-0.1, -0.05) is 18.9 Å². The minimum atomic E-state index is 0.0836. The summed E-state index contributed by atoms with van der Waals surface area (Å²) in [5.41, 5.74) is 7.15. The number of nitrogens with two attached hydrogens (primary N) is 1. The van der Waals surface area contributed by atoms with Gasteiger partial charge in [-0.3, -0.25) is 9.69 Å². The Hall–Kier alpha value is -1.07. The quantitative estimate of drug-likeness (QED) is 0.833. The summed E-state index contributed by atoms with van der Waals surface area (Å²) in [6.45, 7) is 3.62. The van der Waals surface area contributed by atoms with Gasteiger partial charge in [0.1, 0.15) is 0 Å². The lowest BCUT2D eigenvalue weighted by Gasteiger charge is -2.38. The van der Waals surface area contributed by atoms with E-state index in [4.69, 9.17) is 5.73 Å². The monoisotopic (exact) mass is 351 g/mol. The van der Waals surface area contributed by atoms with Crippen LogP contribution in [0.1, 0.15) is 36.0 Å². The Labute approximate surface area is 134 Å². The van der Waals surface area contributed by atoms with Crippen LogP contribution in [0.5, 0.6) is 0 Å². The van der Waals surface area contributed by atoms with Crippen molar-refractivity contribution in [1.29, 1.82) is 0 Å². The maximum Gasteiger partial charge on any atom is 0.255 e. The lowest BCUT2D eigenvalue weighted by molar-refractivity contribution is 0.0572. The van der Waals surface area contributed by atoms with Crippen LogP contribution in [0, 0.1) is 0 Å². The highest BCUT2D eigenvalue weighted by Crippen LogP contribution is 2.27. The third-order valence-electron chi connectivity index (χ3n) is 4.70.